The third-order valence-corrected chi connectivity index (χ3v) is 3.33. The number of phenolic OH excluding ortho intramolecular Hbond substituents is 1. The van der Waals surface area contributed by atoms with E-state index < -0.39 is 0 Å². The highest BCUT2D eigenvalue weighted by molar-refractivity contribution is 6.08. The normalized spacial score (nSPS) is 11.2. The van der Waals surface area contributed by atoms with Gasteiger partial charge in [-0.3, -0.25) is 4.98 Å². The van der Waals surface area contributed by atoms with Gasteiger partial charge < -0.3 is 5.11 Å². The van der Waals surface area contributed by atoms with Crippen LogP contribution in [0.3, 0.4) is 0 Å². The van der Waals surface area contributed by atoms with Gasteiger partial charge in [0.1, 0.15) is 5.75 Å². The smallest absolute Gasteiger partial charge is 0.128 e. The van der Waals surface area contributed by atoms with Gasteiger partial charge in [0.05, 0.1) is 10.9 Å². The van der Waals surface area contributed by atoms with Crippen molar-refractivity contribution in [3.8, 4) is 5.75 Å². The average Bonchev–Trinajstić information content (AvgIpc) is 2.41. The zero-order chi connectivity index (χ0) is 12.5. The predicted octanol–water partition coefficient (Wildman–Crippen LogP) is 4.05. The first-order chi connectivity index (χ1) is 8.81. The number of aryl methyl sites for hydroxylation is 1. The second kappa shape index (κ2) is 4.30. The second-order valence-corrected chi connectivity index (χ2v) is 4.56. The van der Waals surface area contributed by atoms with Crippen molar-refractivity contribution in [1.29, 1.82) is 0 Å². The van der Waals surface area contributed by atoms with Crippen molar-refractivity contribution in [2.24, 2.45) is 0 Å². The van der Waals surface area contributed by atoms with Gasteiger partial charge in [0.15, 0.2) is 0 Å². The van der Waals surface area contributed by atoms with Crippen molar-refractivity contribution < 1.29 is 5.11 Å². The summed E-state index contributed by atoms with van der Waals surface area (Å²) in [5, 5.41) is 13.4. The lowest BCUT2D eigenvalue weighted by atomic mass is 10.00. The van der Waals surface area contributed by atoms with E-state index in [1.54, 1.807) is 6.20 Å². The molecule has 0 saturated carbocycles. The monoisotopic (exact) mass is 237 g/mol. The van der Waals surface area contributed by atoms with Gasteiger partial charge in [-0.1, -0.05) is 43.7 Å². The first-order valence-corrected chi connectivity index (χ1v) is 6.29. The molecule has 0 radical (unpaired) electrons. The number of phenols is 1. The molecule has 90 valence electrons. The minimum Gasteiger partial charge on any atom is -0.507 e. The third-order valence-electron chi connectivity index (χ3n) is 3.33. The highest BCUT2D eigenvalue weighted by atomic mass is 16.3. The van der Waals surface area contributed by atoms with Crippen molar-refractivity contribution in [2.75, 3.05) is 0 Å². The Kier molecular flexibility index (Phi) is 2.63. The average molecular weight is 237 g/mol. The lowest BCUT2D eigenvalue weighted by Gasteiger charge is -2.09. The van der Waals surface area contributed by atoms with Crippen LogP contribution in [0.25, 0.3) is 21.7 Å². The third kappa shape index (κ3) is 1.61. The summed E-state index contributed by atoms with van der Waals surface area (Å²) in [7, 11) is 0. The molecule has 1 N–H and O–H groups in total. The first-order valence-electron chi connectivity index (χ1n) is 6.29. The van der Waals surface area contributed by atoms with Crippen LogP contribution in [-0.4, -0.2) is 10.1 Å². The standard InChI is InChI=1S/C16H15NO/c1-2-4-13-9-7-11-6-8-12-5-3-10-17-15(12)14(11)16(13)18/h3,5-10,18H,2,4H2,1H3. The summed E-state index contributed by atoms with van der Waals surface area (Å²) >= 11 is 0. The van der Waals surface area contributed by atoms with Crippen LogP contribution in [0, 0.1) is 0 Å². The molecule has 1 aromatic heterocycles. The maximum atomic E-state index is 10.4. The van der Waals surface area contributed by atoms with E-state index in [1.165, 1.54) is 0 Å². The van der Waals surface area contributed by atoms with Gasteiger partial charge in [-0.25, -0.2) is 0 Å². The number of hydrogen-bond donors (Lipinski definition) is 1. The fourth-order valence-electron chi connectivity index (χ4n) is 2.45. The van der Waals surface area contributed by atoms with Crippen LogP contribution in [0.15, 0.2) is 42.6 Å². The lowest BCUT2D eigenvalue weighted by Crippen LogP contribution is -1.88. The highest BCUT2D eigenvalue weighted by Crippen LogP contribution is 2.34. The Hall–Kier alpha value is -2.09. The summed E-state index contributed by atoms with van der Waals surface area (Å²) in [6.07, 6.45) is 3.69. The zero-order valence-corrected chi connectivity index (χ0v) is 10.4. The lowest BCUT2D eigenvalue weighted by molar-refractivity contribution is 0.474. The molecule has 3 aromatic rings. The molecule has 2 heteroatoms. The van der Waals surface area contributed by atoms with Crippen molar-refractivity contribution in [1.82, 2.24) is 4.98 Å². The molecule has 0 bridgehead atoms. The molecule has 1 heterocycles. The van der Waals surface area contributed by atoms with Gasteiger partial charge in [0.25, 0.3) is 0 Å². The molecule has 0 fully saturated rings. The molecule has 18 heavy (non-hydrogen) atoms. The van der Waals surface area contributed by atoms with Crippen LogP contribution in [0.4, 0.5) is 0 Å². The molecular weight excluding hydrogens is 222 g/mol. The van der Waals surface area contributed by atoms with E-state index in [0.717, 1.165) is 40.1 Å². The summed E-state index contributed by atoms with van der Waals surface area (Å²) < 4.78 is 0. The topological polar surface area (TPSA) is 33.1 Å². The Bertz CT molecular complexity index is 719. The van der Waals surface area contributed by atoms with Crippen molar-refractivity contribution >= 4 is 21.7 Å². The molecule has 0 unspecified atom stereocenters. The van der Waals surface area contributed by atoms with E-state index in [4.69, 9.17) is 0 Å². The van der Waals surface area contributed by atoms with Crippen LogP contribution in [0.2, 0.25) is 0 Å². The molecule has 3 rings (SSSR count). The minimum absolute atomic E-state index is 0.388. The maximum absolute atomic E-state index is 10.4. The number of rotatable bonds is 2. The molecule has 0 aliphatic heterocycles. The molecule has 0 saturated heterocycles. The second-order valence-electron chi connectivity index (χ2n) is 4.56. The molecule has 0 spiro atoms. The van der Waals surface area contributed by atoms with Gasteiger partial charge in [0.2, 0.25) is 0 Å². The molecule has 0 amide bonds. The van der Waals surface area contributed by atoms with Crippen molar-refractivity contribution in [2.45, 2.75) is 19.8 Å². The summed E-state index contributed by atoms with van der Waals surface area (Å²) in [6, 6.07) is 12.1. The maximum Gasteiger partial charge on any atom is 0.128 e. The Labute approximate surface area is 106 Å². The summed E-state index contributed by atoms with van der Waals surface area (Å²) in [6.45, 7) is 2.12. The number of aromatic nitrogens is 1. The Morgan fingerprint density at radius 2 is 1.83 bits per heavy atom. The number of nitrogens with zero attached hydrogens (tertiary/aromatic N) is 1. The van der Waals surface area contributed by atoms with Crippen molar-refractivity contribution in [3.63, 3.8) is 0 Å². The molecular formula is C16H15NO. The number of fused-ring (bicyclic) bond motifs is 3. The van der Waals surface area contributed by atoms with Gasteiger partial charge in [0, 0.05) is 11.6 Å². The van der Waals surface area contributed by atoms with E-state index in [-0.39, 0.29) is 0 Å². The number of aromatic hydroxyl groups is 1. The minimum atomic E-state index is 0.388. The fourth-order valence-corrected chi connectivity index (χ4v) is 2.45. The number of hydrogen-bond acceptors (Lipinski definition) is 2. The van der Waals surface area contributed by atoms with Gasteiger partial charge in [-0.05, 0) is 23.4 Å². The Balaban J connectivity index is 2.43. The van der Waals surface area contributed by atoms with E-state index in [2.05, 4.69) is 18.0 Å². The molecule has 0 atom stereocenters. The largest absolute Gasteiger partial charge is 0.507 e. The molecule has 2 aromatic carbocycles. The molecule has 0 aliphatic carbocycles. The van der Waals surface area contributed by atoms with E-state index >= 15 is 0 Å². The number of benzene rings is 2. The van der Waals surface area contributed by atoms with Crippen LogP contribution in [-0.2, 0) is 6.42 Å². The van der Waals surface area contributed by atoms with Crippen molar-refractivity contribution in [3.05, 3.63) is 48.2 Å². The predicted molar refractivity (Wildman–Crippen MR) is 74.9 cm³/mol. The Morgan fingerprint density at radius 1 is 1.06 bits per heavy atom. The van der Waals surface area contributed by atoms with Crippen LogP contribution < -0.4 is 0 Å². The summed E-state index contributed by atoms with van der Waals surface area (Å²) in [5.74, 6) is 0.388. The first kappa shape index (κ1) is 11.0. The van der Waals surface area contributed by atoms with E-state index in [1.807, 2.05) is 30.3 Å². The van der Waals surface area contributed by atoms with Crippen LogP contribution >= 0.6 is 0 Å². The quantitative estimate of drug-likeness (QED) is 0.682. The van der Waals surface area contributed by atoms with Gasteiger partial charge in [-0.15, -0.1) is 0 Å². The van der Waals surface area contributed by atoms with Gasteiger partial charge in [-0.2, -0.15) is 0 Å². The summed E-state index contributed by atoms with van der Waals surface area (Å²) in [5.41, 5.74) is 1.88. The molecule has 2 nitrogen and oxygen atoms in total. The Morgan fingerprint density at radius 3 is 2.67 bits per heavy atom. The molecule has 0 aliphatic rings. The van der Waals surface area contributed by atoms with E-state index in [0.29, 0.717) is 5.75 Å². The highest BCUT2D eigenvalue weighted by Gasteiger charge is 2.09. The van der Waals surface area contributed by atoms with E-state index in [9.17, 15) is 5.11 Å². The zero-order valence-electron chi connectivity index (χ0n) is 10.4. The number of pyridine rings is 1. The SMILES string of the molecule is CCCc1ccc2ccc3cccnc3c2c1O. The summed E-state index contributed by atoms with van der Waals surface area (Å²) in [4.78, 5) is 4.41. The van der Waals surface area contributed by atoms with Gasteiger partial charge >= 0.3 is 0 Å². The van der Waals surface area contributed by atoms with Crippen LogP contribution in [0.5, 0.6) is 5.75 Å². The fraction of sp³-hybridized carbons (Fsp3) is 0.188. The van der Waals surface area contributed by atoms with Crippen LogP contribution in [0.1, 0.15) is 18.9 Å².